The van der Waals surface area contributed by atoms with Crippen molar-refractivity contribution in [2.45, 2.75) is 200 Å². The predicted octanol–water partition coefficient (Wildman–Crippen LogP) is 9.23. The molecular formula is C42H80ClNO4. The number of carbonyl (C=O) groups excluding carboxylic acids is 2. The van der Waals surface area contributed by atoms with Gasteiger partial charge in [0.25, 0.3) is 0 Å². The second-order valence-corrected chi connectivity index (χ2v) is 14.9. The van der Waals surface area contributed by atoms with Gasteiger partial charge in [-0.1, -0.05) is 141 Å². The average molecular weight is 699 g/mol. The summed E-state index contributed by atoms with van der Waals surface area (Å²) in [6.45, 7) is 5.31. The van der Waals surface area contributed by atoms with Gasteiger partial charge in [-0.2, -0.15) is 0 Å². The normalized spacial score (nSPS) is 12.4. The van der Waals surface area contributed by atoms with Crippen LogP contribution in [0, 0.1) is 0 Å². The summed E-state index contributed by atoms with van der Waals surface area (Å²) in [7, 11) is 6.20. The number of ether oxygens (including phenoxy) is 2. The first kappa shape index (κ1) is 48.8. The van der Waals surface area contributed by atoms with Crippen LogP contribution in [0.1, 0.15) is 194 Å². The van der Waals surface area contributed by atoms with Crippen molar-refractivity contribution in [3.05, 3.63) is 24.3 Å². The van der Waals surface area contributed by atoms with Gasteiger partial charge in [0.15, 0.2) is 6.10 Å². The summed E-state index contributed by atoms with van der Waals surface area (Å²) in [6.07, 6.45) is 42.1. The number of rotatable bonds is 35. The molecule has 0 amide bonds. The van der Waals surface area contributed by atoms with E-state index >= 15 is 0 Å². The van der Waals surface area contributed by atoms with Gasteiger partial charge in [0.2, 0.25) is 0 Å². The van der Waals surface area contributed by atoms with Gasteiger partial charge in [0.1, 0.15) is 13.2 Å². The molecule has 0 aromatic heterocycles. The van der Waals surface area contributed by atoms with Crippen molar-refractivity contribution in [3.8, 4) is 0 Å². The Balaban J connectivity index is 0. The third-order valence-electron chi connectivity index (χ3n) is 8.77. The minimum atomic E-state index is -0.399. The molecule has 0 N–H and O–H groups in total. The van der Waals surface area contributed by atoms with Crippen LogP contribution >= 0.6 is 0 Å². The van der Waals surface area contributed by atoms with Crippen molar-refractivity contribution in [2.24, 2.45) is 0 Å². The zero-order chi connectivity index (χ0) is 34.7. The van der Waals surface area contributed by atoms with Gasteiger partial charge in [-0.3, -0.25) is 9.59 Å². The van der Waals surface area contributed by atoms with Crippen molar-refractivity contribution in [3.63, 3.8) is 0 Å². The Morgan fingerprint density at radius 3 is 1.21 bits per heavy atom. The number of unbranched alkanes of at least 4 members (excludes halogenated alkanes) is 22. The summed E-state index contributed by atoms with van der Waals surface area (Å²) >= 11 is 0. The Hall–Kier alpha value is -1.33. The topological polar surface area (TPSA) is 52.6 Å². The molecule has 6 heteroatoms. The number of nitrogens with zero attached hydrogens (tertiary/aromatic N) is 1. The van der Waals surface area contributed by atoms with Gasteiger partial charge >= 0.3 is 11.9 Å². The lowest BCUT2D eigenvalue weighted by Gasteiger charge is -2.28. The van der Waals surface area contributed by atoms with Crippen LogP contribution in [-0.4, -0.2) is 56.8 Å². The molecular weight excluding hydrogens is 618 g/mol. The molecule has 0 rings (SSSR count). The van der Waals surface area contributed by atoms with Crippen LogP contribution in [0.5, 0.6) is 0 Å². The standard InChI is InChI=1S/C42H80NO4.ClH/c1-6-8-10-12-14-16-18-20-22-24-26-28-30-32-34-36-41(44)46-39-40(38-43(3,4)5)47-42(45)37-35-33-31-29-27-25-23-21-19-17-15-13-11-9-7-2;/h20-23,40H,6-19,24-39H2,1-5H3;1H/q+1;/p-1/b22-20+,23-21+;/t40-;/m0./s1. The van der Waals surface area contributed by atoms with Crippen molar-refractivity contribution >= 4 is 11.9 Å². The van der Waals surface area contributed by atoms with Crippen molar-refractivity contribution < 1.29 is 36.0 Å². The minimum Gasteiger partial charge on any atom is -1.00 e. The predicted molar refractivity (Wildman–Crippen MR) is 203 cm³/mol. The van der Waals surface area contributed by atoms with Crippen LogP contribution in [0.25, 0.3) is 0 Å². The van der Waals surface area contributed by atoms with Gasteiger partial charge in [0, 0.05) is 12.8 Å². The molecule has 0 aliphatic rings. The van der Waals surface area contributed by atoms with E-state index in [0.29, 0.717) is 23.9 Å². The molecule has 5 nitrogen and oxygen atoms in total. The maximum Gasteiger partial charge on any atom is 0.306 e. The van der Waals surface area contributed by atoms with E-state index in [1.54, 1.807) is 0 Å². The summed E-state index contributed by atoms with van der Waals surface area (Å²) in [5.41, 5.74) is 0. The third-order valence-corrected chi connectivity index (χ3v) is 8.77. The molecule has 1 atom stereocenters. The lowest BCUT2D eigenvalue weighted by Crippen LogP contribution is -3.00. The monoisotopic (exact) mass is 698 g/mol. The molecule has 48 heavy (non-hydrogen) atoms. The van der Waals surface area contributed by atoms with E-state index in [2.05, 4.69) is 59.3 Å². The van der Waals surface area contributed by atoms with Gasteiger partial charge in [-0.05, 0) is 64.2 Å². The molecule has 0 aliphatic carbocycles. The molecule has 0 radical (unpaired) electrons. The third kappa shape index (κ3) is 39.1. The maximum atomic E-state index is 12.6. The molecule has 0 aliphatic heterocycles. The molecule has 0 unspecified atom stereocenters. The van der Waals surface area contributed by atoms with Crippen molar-refractivity contribution in [2.75, 3.05) is 34.3 Å². The number of hydrogen-bond acceptors (Lipinski definition) is 4. The van der Waals surface area contributed by atoms with E-state index in [0.717, 1.165) is 38.5 Å². The highest BCUT2D eigenvalue weighted by molar-refractivity contribution is 5.70. The lowest BCUT2D eigenvalue weighted by molar-refractivity contribution is -0.873. The Bertz CT molecular complexity index is 761. The Labute approximate surface area is 305 Å². The minimum absolute atomic E-state index is 0. The summed E-state index contributed by atoms with van der Waals surface area (Å²) in [6, 6.07) is 0. The second-order valence-electron chi connectivity index (χ2n) is 14.9. The van der Waals surface area contributed by atoms with Gasteiger partial charge in [0.05, 0.1) is 21.1 Å². The maximum absolute atomic E-state index is 12.6. The largest absolute Gasteiger partial charge is 1.00 e. The summed E-state index contributed by atoms with van der Waals surface area (Å²) in [5.74, 6) is -0.350. The smallest absolute Gasteiger partial charge is 0.306 e. The van der Waals surface area contributed by atoms with Crippen molar-refractivity contribution in [1.82, 2.24) is 0 Å². The number of likely N-dealkylation sites (N-methyl/N-ethyl adjacent to an activating group) is 1. The Kier molecular flexibility index (Phi) is 37.5. The molecule has 284 valence electrons. The highest BCUT2D eigenvalue weighted by Crippen LogP contribution is 2.13. The number of allylic oxidation sites excluding steroid dienone is 4. The highest BCUT2D eigenvalue weighted by Gasteiger charge is 2.23. The molecule has 0 saturated heterocycles. The van der Waals surface area contributed by atoms with E-state index in [-0.39, 0.29) is 31.0 Å². The van der Waals surface area contributed by atoms with E-state index in [9.17, 15) is 9.59 Å². The summed E-state index contributed by atoms with van der Waals surface area (Å²) < 4.78 is 12.0. The average Bonchev–Trinajstić information content (AvgIpc) is 3.03. The fourth-order valence-corrected chi connectivity index (χ4v) is 5.92. The molecule has 0 bridgehead atoms. The second kappa shape index (κ2) is 36.9. The van der Waals surface area contributed by atoms with E-state index in [1.165, 1.54) is 128 Å². The lowest BCUT2D eigenvalue weighted by atomic mass is 10.1. The number of halogens is 1. The molecule has 0 fully saturated rings. The van der Waals surface area contributed by atoms with E-state index in [4.69, 9.17) is 9.47 Å². The van der Waals surface area contributed by atoms with Gasteiger partial charge < -0.3 is 26.4 Å². The first-order chi connectivity index (χ1) is 22.8. The quantitative estimate of drug-likeness (QED) is 0.0287. The number of quaternary nitrogens is 1. The zero-order valence-corrected chi connectivity index (χ0v) is 33.3. The fourth-order valence-electron chi connectivity index (χ4n) is 5.92. The molecule has 0 aromatic carbocycles. The molecule has 0 spiro atoms. The first-order valence-corrected chi connectivity index (χ1v) is 20.2. The van der Waals surface area contributed by atoms with Crippen LogP contribution in [-0.2, 0) is 19.1 Å². The van der Waals surface area contributed by atoms with E-state index in [1.807, 2.05) is 0 Å². The van der Waals surface area contributed by atoms with Gasteiger partial charge in [-0.15, -0.1) is 0 Å². The van der Waals surface area contributed by atoms with Crippen LogP contribution in [0.15, 0.2) is 24.3 Å². The molecule has 0 heterocycles. The summed E-state index contributed by atoms with van der Waals surface area (Å²) in [4.78, 5) is 24.9. The first-order valence-electron chi connectivity index (χ1n) is 20.2. The molecule has 0 aromatic rings. The van der Waals surface area contributed by atoms with Crippen LogP contribution in [0.2, 0.25) is 0 Å². The fraction of sp³-hybridized carbons (Fsp3) is 0.857. The van der Waals surface area contributed by atoms with Crippen LogP contribution in [0.4, 0.5) is 0 Å². The van der Waals surface area contributed by atoms with E-state index < -0.39 is 6.10 Å². The number of carbonyl (C=O) groups is 2. The Morgan fingerprint density at radius 2 is 0.833 bits per heavy atom. The Morgan fingerprint density at radius 1 is 0.500 bits per heavy atom. The SMILES string of the molecule is CCCCCCCC/C=C/CCCCCCCC(=O)OC[C@H](C[N+](C)(C)C)OC(=O)CCCCCCC/C=C/CCCCCCCC.[Cl-]. The summed E-state index contributed by atoms with van der Waals surface area (Å²) in [5, 5.41) is 0. The van der Waals surface area contributed by atoms with Crippen LogP contribution in [0.3, 0.4) is 0 Å². The molecule has 0 saturated carbocycles. The number of esters is 2. The zero-order valence-electron chi connectivity index (χ0n) is 32.6. The van der Waals surface area contributed by atoms with Crippen molar-refractivity contribution in [1.29, 1.82) is 0 Å². The highest BCUT2D eigenvalue weighted by atomic mass is 35.5. The number of hydrogen-bond donors (Lipinski definition) is 0. The van der Waals surface area contributed by atoms with Crippen LogP contribution < -0.4 is 12.4 Å². The van der Waals surface area contributed by atoms with Gasteiger partial charge in [-0.25, -0.2) is 0 Å².